The standard InChI is InChI=1S/C14H19N3O/c1-14(2,3)18-12-6-4-5-11(9-12)17-10-13-15-7-8-16-13/h4-9,17H,10H2,1-3H3,(H,15,16). The Balaban J connectivity index is 1.99. The number of H-pyrrole nitrogens is 1. The van der Waals surface area contributed by atoms with Crippen LogP contribution in [0, 0.1) is 0 Å². The summed E-state index contributed by atoms with van der Waals surface area (Å²) >= 11 is 0. The molecule has 0 spiro atoms. The number of imidazole rings is 1. The van der Waals surface area contributed by atoms with Crippen molar-refractivity contribution in [1.82, 2.24) is 9.97 Å². The Hall–Kier alpha value is -1.97. The number of anilines is 1. The Morgan fingerprint density at radius 2 is 2.17 bits per heavy atom. The molecule has 0 bridgehead atoms. The molecule has 2 N–H and O–H groups in total. The molecule has 1 heterocycles. The van der Waals surface area contributed by atoms with Crippen molar-refractivity contribution in [2.45, 2.75) is 32.9 Å². The van der Waals surface area contributed by atoms with E-state index in [4.69, 9.17) is 4.74 Å². The number of benzene rings is 1. The fraction of sp³-hybridized carbons (Fsp3) is 0.357. The Labute approximate surface area is 107 Å². The molecule has 1 aromatic heterocycles. The average molecular weight is 245 g/mol. The van der Waals surface area contributed by atoms with Gasteiger partial charge in [0.2, 0.25) is 0 Å². The summed E-state index contributed by atoms with van der Waals surface area (Å²) in [6, 6.07) is 7.95. The fourth-order valence-electron chi connectivity index (χ4n) is 1.60. The van der Waals surface area contributed by atoms with Crippen molar-refractivity contribution in [2.24, 2.45) is 0 Å². The summed E-state index contributed by atoms with van der Waals surface area (Å²) in [6.07, 6.45) is 3.56. The second-order valence-corrected chi connectivity index (χ2v) is 5.13. The van der Waals surface area contributed by atoms with Gasteiger partial charge in [0.1, 0.15) is 17.2 Å². The van der Waals surface area contributed by atoms with Gasteiger partial charge in [-0.1, -0.05) is 6.07 Å². The van der Waals surface area contributed by atoms with E-state index >= 15 is 0 Å². The molecule has 0 atom stereocenters. The summed E-state index contributed by atoms with van der Waals surface area (Å²) in [7, 11) is 0. The van der Waals surface area contributed by atoms with E-state index < -0.39 is 0 Å². The topological polar surface area (TPSA) is 49.9 Å². The quantitative estimate of drug-likeness (QED) is 0.869. The predicted molar refractivity (Wildman–Crippen MR) is 72.7 cm³/mol. The van der Waals surface area contributed by atoms with Crippen LogP contribution < -0.4 is 10.1 Å². The zero-order valence-electron chi connectivity index (χ0n) is 11.0. The SMILES string of the molecule is CC(C)(C)Oc1cccc(NCc2ncc[nH]2)c1. The van der Waals surface area contributed by atoms with E-state index in [-0.39, 0.29) is 5.60 Å². The highest BCUT2D eigenvalue weighted by molar-refractivity contribution is 5.48. The minimum atomic E-state index is -0.181. The second kappa shape index (κ2) is 5.12. The average Bonchev–Trinajstić information content (AvgIpc) is 2.77. The molecule has 0 aliphatic heterocycles. The van der Waals surface area contributed by atoms with Gasteiger partial charge in [-0.15, -0.1) is 0 Å². The minimum absolute atomic E-state index is 0.181. The Morgan fingerprint density at radius 1 is 1.33 bits per heavy atom. The predicted octanol–water partition coefficient (Wildman–Crippen LogP) is 3.20. The first kappa shape index (κ1) is 12.5. The smallest absolute Gasteiger partial charge is 0.125 e. The monoisotopic (exact) mass is 245 g/mol. The number of hydrogen-bond acceptors (Lipinski definition) is 3. The first-order valence-corrected chi connectivity index (χ1v) is 6.04. The van der Waals surface area contributed by atoms with Crippen LogP contribution in [0.4, 0.5) is 5.69 Å². The largest absolute Gasteiger partial charge is 0.488 e. The van der Waals surface area contributed by atoms with Crippen LogP contribution in [-0.4, -0.2) is 15.6 Å². The van der Waals surface area contributed by atoms with Crippen LogP contribution in [0.1, 0.15) is 26.6 Å². The van der Waals surface area contributed by atoms with Crippen molar-refractivity contribution in [1.29, 1.82) is 0 Å². The molecule has 0 fully saturated rings. The van der Waals surface area contributed by atoms with Crippen LogP contribution in [0.2, 0.25) is 0 Å². The lowest BCUT2D eigenvalue weighted by molar-refractivity contribution is 0.131. The lowest BCUT2D eigenvalue weighted by atomic mass is 10.2. The molecule has 0 amide bonds. The summed E-state index contributed by atoms with van der Waals surface area (Å²) in [5, 5.41) is 3.30. The molecule has 2 rings (SSSR count). The normalized spacial score (nSPS) is 11.3. The van der Waals surface area contributed by atoms with Crippen molar-refractivity contribution < 1.29 is 4.74 Å². The number of hydrogen-bond donors (Lipinski definition) is 2. The maximum Gasteiger partial charge on any atom is 0.125 e. The third-order valence-corrected chi connectivity index (χ3v) is 2.27. The van der Waals surface area contributed by atoms with E-state index in [0.717, 1.165) is 17.3 Å². The van der Waals surface area contributed by atoms with E-state index in [0.29, 0.717) is 6.54 Å². The molecular weight excluding hydrogens is 226 g/mol. The van der Waals surface area contributed by atoms with Gasteiger partial charge in [-0.3, -0.25) is 0 Å². The van der Waals surface area contributed by atoms with Gasteiger partial charge in [-0.05, 0) is 32.9 Å². The van der Waals surface area contributed by atoms with Crippen molar-refractivity contribution in [3.63, 3.8) is 0 Å². The Morgan fingerprint density at radius 3 is 2.83 bits per heavy atom. The van der Waals surface area contributed by atoms with Gasteiger partial charge in [0.05, 0.1) is 6.54 Å². The third-order valence-electron chi connectivity index (χ3n) is 2.27. The lowest BCUT2D eigenvalue weighted by Crippen LogP contribution is -2.22. The number of nitrogens with one attached hydrogen (secondary N) is 2. The third kappa shape index (κ3) is 3.80. The number of nitrogens with zero attached hydrogens (tertiary/aromatic N) is 1. The number of ether oxygens (including phenoxy) is 1. The van der Waals surface area contributed by atoms with Crippen LogP contribution in [0.5, 0.6) is 5.75 Å². The van der Waals surface area contributed by atoms with Crippen LogP contribution >= 0.6 is 0 Å². The number of rotatable bonds is 4. The molecular formula is C14H19N3O. The highest BCUT2D eigenvalue weighted by Crippen LogP contribution is 2.21. The second-order valence-electron chi connectivity index (χ2n) is 5.13. The highest BCUT2D eigenvalue weighted by atomic mass is 16.5. The van der Waals surface area contributed by atoms with E-state index in [1.807, 2.05) is 51.2 Å². The van der Waals surface area contributed by atoms with Gasteiger partial charge >= 0.3 is 0 Å². The first-order chi connectivity index (χ1) is 8.53. The molecule has 0 aliphatic carbocycles. The Bertz CT molecular complexity index is 486. The molecule has 0 saturated heterocycles. The molecule has 2 aromatic rings. The van der Waals surface area contributed by atoms with E-state index in [1.54, 1.807) is 6.20 Å². The molecule has 96 valence electrons. The van der Waals surface area contributed by atoms with Gasteiger partial charge in [-0.2, -0.15) is 0 Å². The van der Waals surface area contributed by atoms with Crippen molar-refractivity contribution >= 4 is 5.69 Å². The molecule has 4 heteroatoms. The van der Waals surface area contributed by atoms with Crippen LogP contribution in [-0.2, 0) is 6.54 Å². The van der Waals surface area contributed by atoms with Crippen molar-refractivity contribution in [2.75, 3.05) is 5.32 Å². The summed E-state index contributed by atoms with van der Waals surface area (Å²) in [5.74, 6) is 1.78. The zero-order valence-corrected chi connectivity index (χ0v) is 11.0. The Kier molecular flexibility index (Phi) is 3.55. The van der Waals surface area contributed by atoms with Gasteiger partial charge in [-0.25, -0.2) is 4.98 Å². The maximum absolute atomic E-state index is 5.82. The van der Waals surface area contributed by atoms with Crippen molar-refractivity contribution in [3.8, 4) is 5.75 Å². The van der Waals surface area contributed by atoms with Gasteiger partial charge < -0.3 is 15.0 Å². The summed E-state index contributed by atoms with van der Waals surface area (Å²) in [5.41, 5.74) is 0.841. The van der Waals surface area contributed by atoms with Crippen LogP contribution in [0.15, 0.2) is 36.7 Å². The van der Waals surface area contributed by atoms with E-state index in [2.05, 4.69) is 15.3 Å². The molecule has 18 heavy (non-hydrogen) atoms. The number of aromatic amines is 1. The highest BCUT2D eigenvalue weighted by Gasteiger charge is 2.11. The van der Waals surface area contributed by atoms with E-state index in [1.165, 1.54) is 0 Å². The summed E-state index contributed by atoms with van der Waals surface area (Å²) in [6.45, 7) is 6.79. The number of aromatic nitrogens is 2. The summed E-state index contributed by atoms with van der Waals surface area (Å²) < 4.78 is 5.82. The molecule has 0 saturated carbocycles. The molecule has 0 aliphatic rings. The molecule has 4 nitrogen and oxygen atoms in total. The van der Waals surface area contributed by atoms with Crippen LogP contribution in [0.3, 0.4) is 0 Å². The first-order valence-electron chi connectivity index (χ1n) is 6.04. The fourth-order valence-corrected chi connectivity index (χ4v) is 1.60. The lowest BCUT2D eigenvalue weighted by Gasteiger charge is -2.21. The molecule has 1 aromatic carbocycles. The van der Waals surface area contributed by atoms with Crippen molar-refractivity contribution in [3.05, 3.63) is 42.5 Å². The van der Waals surface area contributed by atoms with Gasteiger partial charge in [0, 0.05) is 24.1 Å². The van der Waals surface area contributed by atoms with Gasteiger partial charge in [0.25, 0.3) is 0 Å². The maximum atomic E-state index is 5.82. The molecule has 0 radical (unpaired) electrons. The molecule has 0 unspecified atom stereocenters. The minimum Gasteiger partial charge on any atom is -0.488 e. The van der Waals surface area contributed by atoms with E-state index in [9.17, 15) is 0 Å². The van der Waals surface area contributed by atoms with Gasteiger partial charge in [0.15, 0.2) is 0 Å². The van der Waals surface area contributed by atoms with Crippen LogP contribution in [0.25, 0.3) is 0 Å². The zero-order chi connectivity index (χ0) is 13.0. The summed E-state index contributed by atoms with van der Waals surface area (Å²) in [4.78, 5) is 7.22.